The van der Waals surface area contributed by atoms with Crippen LogP contribution in [0.3, 0.4) is 0 Å². The zero-order valence-corrected chi connectivity index (χ0v) is 13.8. The number of rotatable bonds is 4. The van der Waals surface area contributed by atoms with Crippen molar-refractivity contribution in [1.29, 1.82) is 0 Å². The lowest BCUT2D eigenvalue weighted by Gasteiger charge is -2.12. The molecule has 0 aliphatic carbocycles. The Morgan fingerprint density at radius 2 is 1.72 bits per heavy atom. The van der Waals surface area contributed by atoms with Gasteiger partial charge in [-0.1, -0.05) is 30.3 Å². The lowest BCUT2D eigenvalue weighted by molar-refractivity contribution is -0.137. The Kier molecular flexibility index (Phi) is 4.53. The van der Waals surface area contributed by atoms with Crippen LogP contribution < -0.4 is 4.74 Å². The van der Waals surface area contributed by atoms with E-state index < -0.39 is 11.7 Å². The highest BCUT2D eigenvalue weighted by atomic mass is 19.4. The van der Waals surface area contributed by atoms with Crippen molar-refractivity contribution in [3.05, 3.63) is 71.5 Å². The first-order valence-electron chi connectivity index (χ1n) is 7.72. The average molecular weight is 346 g/mol. The third-order valence-corrected chi connectivity index (χ3v) is 3.90. The highest BCUT2D eigenvalue weighted by Gasteiger charge is 2.30. The number of aryl methyl sites for hydroxylation is 1. The van der Waals surface area contributed by atoms with Gasteiger partial charge >= 0.3 is 6.18 Å². The molecule has 130 valence electrons. The summed E-state index contributed by atoms with van der Waals surface area (Å²) >= 11 is 0. The van der Waals surface area contributed by atoms with Crippen LogP contribution in [0.2, 0.25) is 0 Å². The zero-order valence-electron chi connectivity index (χ0n) is 13.8. The number of hydrogen-bond acceptors (Lipinski definition) is 2. The van der Waals surface area contributed by atoms with Gasteiger partial charge in [-0.15, -0.1) is 0 Å². The molecule has 0 saturated heterocycles. The number of halogens is 3. The molecule has 0 aliphatic rings. The Bertz CT molecular complexity index is 867. The summed E-state index contributed by atoms with van der Waals surface area (Å²) in [5, 5.41) is 0. The molecule has 0 bridgehead atoms. The molecule has 0 spiro atoms. The van der Waals surface area contributed by atoms with E-state index in [0.29, 0.717) is 17.9 Å². The SMILES string of the molecule is COc1ccccc1Cn1cc(C)nc1-c1ccc(C(F)(F)F)cc1. The van der Waals surface area contributed by atoms with Crippen molar-refractivity contribution in [1.82, 2.24) is 9.55 Å². The highest BCUT2D eigenvalue weighted by molar-refractivity contribution is 5.57. The van der Waals surface area contributed by atoms with Crippen LogP contribution in [0.5, 0.6) is 5.75 Å². The number of imidazole rings is 1. The second kappa shape index (κ2) is 6.63. The summed E-state index contributed by atoms with van der Waals surface area (Å²) in [5.74, 6) is 1.38. The maximum absolute atomic E-state index is 12.7. The molecule has 0 N–H and O–H groups in total. The Balaban J connectivity index is 1.96. The van der Waals surface area contributed by atoms with Crippen molar-refractivity contribution in [2.45, 2.75) is 19.6 Å². The number of nitrogens with zero attached hydrogens (tertiary/aromatic N) is 2. The van der Waals surface area contributed by atoms with Crippen molar-refractivity contribution in [2.75, 3.05) is 7.11 Å². The number of hydrogen-bond donors (Lipinski definition) is 0. The molecule has 0 fully saturated rings. The van der Waals surface area contributed by atoms with Crippen molar-refractivity contribution < 1.29 is 17.9 Å². The molecular weight excluding hydrogens is 329 g/mol. The average Bonchev–Trinajstić information content (AvgIpc) is 2.95. The second-order valence-corrected chi connectivity index (χ2v) is 5.72. The molecule has 1 heterocycles. The maximum Gasteiger partial charge on any atom is 0.416 e. The van der Waals surface area contributed by atoms with E-state index in [1.165, 1.54) is 12.1 Å². The highest BCUT2D eigenvalue weighted by Crippen LogP contribution is 2.31. The fraction of sp³-hybridized carbons (Fsp3) is 0.211. The number of benzene rings is 2. The van der Waals surface area contributed by atoms with Gasteiger partial charge in [0.1, 0.15) is 11.6 Å². The predicted octanol–water partition coefficient (Wildman–Crippen LogP) is 4.93. The van der Waals surface area contributed by atoms with E-state index in [1.807, 2.05) is 42.0 Å². The summed E-state index contributed by atoms with van der Waals surface area (Å²) in [7, 11) is 1.61. The molecule has 0 unspecified atom stereocenters. The van der Waals surface area contributed by atoms with E-state index >= 15 is 0 Å². The lowest BCUT2D eigenvalue weighted by Crippen LogP contribution is -2.05. The van der Waals surface area contributed by atoms with Gasteiger partial charge in [0.2, 0.25) is 0 Å². The van der Waals surface area contributed by atoms with Gasteiger partial charge in [0, 0.05) is 17.3 Å². The largest absolute Gasteiger partial charge is 0.496 e. The fourth-order valence-corrected chi connectivity index (χ4v) is 2.72. The molecule has 25 heavy (non-hydrogen) atoms. The summed E-state index contributed by atoms with van der Waals surface area (Å²) in [6.45, 7) is 2.37. The maximum atomic E-state index is 12.7. The first kappa shape index (κ1) is 17.1. The van der Waals surface area contributed by atoms with Gasteiger partial charge < -0.3 is 9.30 Å². The molecule has 3 aromatic rings. The minimum atomic E-state index is -4.35. The van der Waals surface area contributed by atoms with E-state index in [4.69, 9.17) is 4.74 Å². The van der Waals surface area contributed by atoms with Crippen LogP contribution in [-0.2, 0) is 12.7 Å². The van der Waals surface area contributed by atoms with E-state index in [0.717, 1.165) is 29.1 Å². The number of ether oxygens (including phenoxy) is 1. The number of para-hydroxylation sites is 1. The molecule has 0 amide bonds. The molecule has 3 nitrogen and oxygen atoms in total. The molecule has 0 atom stereocenters. The number of alkyl halides is 3. The molecule has 6 heteroatoms. The zero-order chi connectivity index (χ0) is 18.0. The third kappa shape index (κ3) is 3.68. The summed E-state index contributed by atoms with van der Waals surface area (Å²) in [5.41, 5.74) is 1.73. The summed E-state index contributed by atoms with van der Waals surface area (Å²) in [6, 6.07) is 12.7. The Hall–Kier alpha value is -2.76. The standard InChI is InChI=1S/C19H17F3N2O/c1-13-11-24(12-15-5-3-4-6-17(15)25-2)18(23-13)14-7-9-16(10-8-14)19(20,21)22/h3-11H,12H2,1-2H3. The quantitative estimate of drug-likeness (QED) is 0.669. The summed E-state index contributed by atoms with van der Waals surface area (Å²) < 4.78 is 45.5. The summed E-state index contributed by atoms with van der Waals surface area (Å²) in [4.78, 5) is 4.47. The number of aromatic nitrogens is 2. The van der Waals surface area contributed by atoms with Gasteiger partial charge in [-0.25, -0.2) is 4.98 Å². The fourth-order valence-electron chi connectivity index (χ4n) is 2.72. The van der Waals surface area contributed by atoms with Crippen molar-refractivity contribution in [3.63, 3.8) is 0 Å². The molecule has 0 saturated carbocycles. The van der Waals surface area contributed by atoms with Gasteiger partial charge in [-0.2, -0.15) is 13.2 Å². The van der Waals surface area contributed by atoms with Crippen LogP contribution >= 0.6 is 0 Å². The van der Waals surface area contributed by atoms with Gasteiger partial charge in [0.05, 0.1) is 24.9 Å². The first-order valence-corrected chi connectivity index (χ1v) is 7.72. The Labute approximate surface area is 143 Å². The van der Waals surface area contributed by atoms with Crippen LogP contribution in [0.4, 0.5) is 13.2 Å². The van der Waals surface area contributed by atoms with Crippen LogP contribution in [0.15, 0.2) is 54.7 Å². The molecule has 3 rings (SSSR count). The topological polar surface area (TPSA) is 27.1 Å². The molecule has 2 aromatic carbocycles. The third-order valence-electron chi connectivity index (χ3n) is 3.90. The van der Waals surface area contributed by atoms with Crippen LogP contribution in [-0.4, -0.2) is 16.7 Å². The van der Waals surface area contributed by atoms with Gasteiger partial charge in [-0.05, 0) is 25.1 Å². The molecule has 0 aliphatic heterocycles. The van der Waals surface area contributed by atoms with E-state index in [9.17, 15) is 13.2 Å². The molecular formula is C19H17F3N2O. The number of methoxy groups -OCH3 is 1. The molecule has 0 radical (unpaired) electrons. The van der Waals surface area contributed by atoms with E-state index in [1.54, 1.807) is 7.11 Å². The minimum absolute atomic E-state index is 0.515. The van der Waals surface area contributed by atoms with E-state index in [2.05, 4.69) is 4.98 Å². The first-order chi connectivity index (χ1) is 11.9. The van der Waals surface area contributed by atoms with Gasteiger partial charge in [0.25, 0.3) is 0 Å². The van der Waals surface area contributed by atoms with Gasteiger partial charge in [0.15, 0.2) is 0 Å². The molecule has 1 aromatic heterocycles. The predicted molar refractivity (Wildman–Crippen MR) is 89.5 cm³/mol. The Morgan fingerprint density at radius 3 is 2.36 bits per heavy atom. The van der Waals surface area contributed by atoms with Crippen molar-refractivity contribution in [3.8, 4) is 17.1 Å². The van der Waals surface area contributed by atoms with Crippen molar-refractivity contribution in [2.24, 2.45) is 0 Å². The van der Waals surface area contributed by atoms with Gasteiger partial charge in [-0.3, -0.25) is 0 Å². The monoisotopic (exact) mass is 346 g/mol. The van der Waals surface area contributed by atoms with Crippen LogP contribution in [0, 0.1) is 6.92 Å². The second-order valence-electron chi connectivity index (χ2n) is 5.72. The van der Waals surface area contributed by atoms with Crippen LogP contribution in [0.25, 0.3) is 11.4 Å². The summed E-state index contributed by atoms with van der Waals surface area (Å²) in [6.07, 6.45) is -2.47. The van der Waals surface area contributed by atoms with E-state index in [-0.39, 0.29) is 0 Å². The van der Waals surface area contributed by atoms with Crippen LogP contribution in [0.1, 0.15) is 16.8 Å². The smallest absolute Gasteiger partial charge is 0.416 e. The minimum Gasteiger partial charge on any atom is -0.496 e. The Morgan fingerprint density at radius 1 is 1.04 bits per heavy atom. The normalized spacial score (nSPS) is 11.6. The van der Waals surface area contributed by atoms with Crippen molar-refractivity contribution >= 4 is 0 Å². The lowest BCUT2D eigenvalue weighted by atomic mass is 10.1.